The van der Waals surface area contributed by atoms with Crippen LogP contribution < -0.4 is 0 Å². The van der Waals surface area contributed by atoms with Crippen LogP contribution in [0.5, 0.6) is 0 Å². The first-order valence-electron chi connectivity index (χ1n) is 4.72. The summed E-state index contributed by atoms with van der Waals surface area (Å²) in [6, 6.07) is 7.11. The molecule has 0 fully saturated rings. The first kappa shape index (κ1) is 11.5. The predicted molar refractivity (Wildman–Crippen MR) is 61.6 cm³/mol. The van der Waals surface area contributed by atoms with Crippen molar-refractivity contribution < 1.29 is 14.3 Å². The van der Waals surface area contributed by atoms with Gasteiger partial charge >= 0.3 is 5.97 Å². The summed E-state index contributed by atoms with van der Waals surface area (Å²) in [4.78, 5) is 14.3. The van der Waals surface area contributed by atoms with Crippen LogP contribution in [-0.4, -0.2) is 16.1 Å². The third-order valence-electron chi connectivity index (χ3n) is 2.22. The highest BCUT2D eigenvalue weighted by atomic mass is 35.5. The second-order valence-electron chi connectivity index (χ2n) is 3.36. The lowest BCUT2D eigenvalue weighted by molar-refractivity contribution is 0.0690. The quantitative estimate of drug-likeness (QED) is 0.891. The molecule has 2 aromatic rings. The molecule has 0 atom stereocenters. The summed E-state index contributed by atoms with van der Waals surface area (Å²) in [5, 5.41) is 8.99. The van der Waals surface area contributed by atoms with E-state index < -0.39 is 11.8 Å². The van der Waals surface area contributed by atoms with E-state index in [-0.39, 0.29) is 5.69 Å². The lowest BCUT2D eigenvalue weighted by Crippen LogP contribution is -1.99. The summed E-state index contributed by atoms with van der Waals surface area (Å²) < 4.78 is 13.6. The van der Waals surface area contributed by atoms with Gasteiger partial charge < -0.3 is 5.11 Å². The van der Waals surface area contributed by atoms with Crippen molar-refractivity contribution in [2.24, 2.45) is 0 Å². The molecule has 1 aromatic heterocycles. The van der Waals surface area contributed by atoms with Crippen molar-refractivity contribution >= 4 is 17.6 Å². The Labute approximate surface area is 101 Å². The molecule has 3 nitrogen and oxygen atoms in total. The van der Waals surface area contributed by atoms with E-state index in [1.807, 2.05) is 0 Å². The van der Waals surface area contributed by atoms with Gasteiger partial charge in [-0.25, -0.2) is 14.2 Å². The monoisotopic (exact) mass is 251 g/mol. The van der Waals surface area contributed by atoms with Crippen molar-refractivity contribution in [3.05, 3.63) is 53.1 Å². The van der Waals surface area contributed by atoms with E-state index in [0.717, 1.165) is 0 Å². The van der Waals surface area contributed by atoms with Crippen molar-refractivity contribution in [2.45, 2.75) is 0 Å². The minimum absolute atomic E-state index is 0.0804. The molecule has 0 spiro atoms. The largest absolute Gasteiger partial charge is 0.477 e. The molecule has 1 heterocycles. The van der Waals surface area contributed by atoms with E-state index in [1.54, 1.807) is 6.07 Å². The average molecular weight is 252 g/mol. The normalized spacial score (nSPS) is 10.2. The highest BCUT2D eigenvalue weighted by Crippen LogP contribution is 2.24. The molecule has 0 radical (unpaired) electrons. The molecule has 0 aliphatic rings. The van der Waals surface area contributed by atoms with Gasteiger partial charge in [0.1, 0.15) is 11.5 Å². The molecule has 0 aliphatic carbocycles. The summed E-state index contributed by atoms with van der Waals surface area (Å²) in [6.07, 6.45) is 1.32. The fourth-order valence-electron chi connectivity index (χ4n) is 1.40. The Bertz CT molecular complexity index is 569. The number of hydrogen-bond donors (Lipinski definition) is 1. The number of aromatic nitrogens is 1. The zero-order valence-electron chi connectivity index (χ0n) is 8.52. The van der Waals surface area contributed by atoms with Crippen LogP contribution in [0, 0.1) is 5.82 Å². The van der Waals surface area contributed by atoms with Gasteiger partial charge in [-0.15, -0.1) is 0 Å². The number of rotatable bonds is 2. The van der Waals surface area contributed by atoms with Crippen molar-refractivity contribution in [3.63, 3.8) is 0 Å². The number of hydrogen-bond acceptors (Lipinski definition) is 2. The molecule has 2 rings (SSSR count). The van der Waals surface area contributed by atoms with E-state index in [2.05, 4.69) is 4.98 Å². The smallest absolute Gasteiger partial charge is 0.354 e. The van der Waals surface area contributed by atoms with E-state index in [4.69, 9.17) is 16.7 Å². The Morgan fingerprint density at radius 2 is 2.06 bits per heavy atom. The summed E-state index contributed by atoms with van der Waals surface area (Å²) in [7, 11) is 0. The van der Waals surface area contributed by atoms with Gasteiger partial charge in [0.15, 0.2) is 0 Å². The highest BCUT2D eigenvalue weighted by molar-refractivity contribution is 6.30. The highest BCUT2D eigenvalue weighted by Gasteiger charge is 2.08. The van der Waals surface area contributed by atoms with E-state index in [0.29, 0.717) is 16.1 Å². The maximum absolute atomic E-state index is 13.6. The lowest BCUT2D eigenvalue weighted by Gasteiger charge is -2.03. The molecule has 1 aromatic carbocycles. The second kappa shape index (κ2) is 4.51. The molecular formula is C12H7ClFNO2. The van der Waals surface area contributed by atoms with Gasteiger partial charge in [0.2, 0.25) is 0 Å². The van der Waals surface area contributed by atoms with E-state index in [1.165, 1.54) is 30.5 Å². The minimum atomic E-state index is -1.12. The van der Waals surface area contributed by atoms with Crippen LogP contribution in [0.2, 0.25) is 5.02 Å². The SMILES string of the molecule is O=C(O)c1ccc(-c2ccc(Cl)cc2F)cn1. The van der Waals surface area contributed by atoms with Gasteiger partial charge in [0, 0.05) is 22.3 Å². The molecular weight excluding hydrogens is 245 g/mol. The topological polar surface area (TPSA) is 50.2 Å². The fraction of sp³-hybridized carbons (Fsp3) is 0. The Balaban J connectivity index is 2.43. The molecule has 86 valence electrons. The maximum Gasteiger partial charge on any atom is 0.354 e. The Kier molecular flexibility index (Phi) is 3.06. The van der Waals surface area contributed by atoms with E-state index in [9.17, 15) is 9.18 Å². The minimum Gasteiger partial charge on any atom is -0.477 e. The van der Waals surface area contributed by atoms with Crippen LogP contribution in [0.3, 0.4) is 0 Å². The zero-order valence-corrected chi connectivity index (χ0v) is 9.28. The molecule has 5 heteroatoms. The number of carboxylic acids is 1. The number of carbonyl (C=O) groups is 1. The molecule has 0 saturated carbocycles. The van der Waals surface area contributed by atoms with Gasteiger partial charge in [0.05, 0.1) is 0 Å². The van der Waals surface area contributed by atoms with Gasteiger partial charge in [-0.05, 0) is 24.3 Å². The van der Waals surface area contributed by atoms with Crippen molar-refractivity contribution in [1.29, 1.82) is 0 Å². The molecule has 0 bridgehead atoms. The first-order chi connectivity index (χ1) is 8.08. The van der Waals surface area contributed by atoms with Gasteiger partial charge in [-0.2, -0.15) is 0 Å². The van der Waals surface area contributed by atoms with Crippen molar-refractivity contribution in [1.82, 2.24) is 4.98 Å². The van der Waals surface area contributed by atoms with Gasteiger partial charge in [-0.3, -0.25) is 0 Å². The Hall–Kier alpha value is -1.94. The zero-order chi connectivity index (χ0) is 12.4. The van der Waals surface area contributed by atoms with Gasteiger partial charge in [-0.1, -0.05) is 17.7 Å². The molecule has 0 unspecified atom stereocenters. The molecule has 0 amide bonds. The first-order valence-corrected chi connectivity index (χ1v) is 5.10. The Morgan fingerprint density at radius 3 is 2.59 bits per heavy atom. The number of carboxylic acid groups (broad SMARTS) is 1. The van der Waals surface area contributed by atoms with Crippen molar-refractivity contribution in [3.8, 4) is 11.1 Å². The number of aromatic carboxylic acids is 1. The van der Waals surface area contributed by atoms with Crippen LogP contribution >= 0.6 is 11.6 Å². The standard InChI is InChI=1S/C12H7ClFNO2/c13-8-2-3-9(10(14)5-8)7-1-4-11(12(16)17)15-6-7/h1-6H,(H,16,17). The summed E-state index contributed by atoms with van der Waals surface area (Å²) in [5.41, 5.74) is 0.756. The molecule has 0 saturated heterocycles. The number of halogens is 2. The van der Waals surface area contributed by atoms with Crippen LogP contribution in [0.25, 0.3) is 11.1 Å². The van der Waals surface area contributed by atoms with Crippen LogP contribution in [0.15, 0.2) is 36.5 Å². The third-order valence-corrected chi connectivity index (χ3v) is 2.46. The maximum atomic E-state index is 13.6. The van der Waals surface area contributed by atoms with Crippen LogP contribution in [0.4, 0.5) is 4.39 Å². The van der Waals surface area contributed by atoms with Crippen molar-refractivity contribution in [2.75, 3.05) is 0 Å². The average Bonchev–Trinajstić information content (AvgIpc) is 2.29. The summed E-state index contributed by atoms with van der Waals surface area (Å²) in [6.45, 7) is 0. The third kappa shape index (κ3) is 2.42. The Morgan fingerprint density at radius 1 is 1.29 bits per heavy atom. The molecule has 17 heavy (non-hydrogen) atoms. The summed E-state index contributed by atoms with van der Waals surface area (Å²) in [5.74, 6) is -1.59. The number of benzene rings is 1. The van der Waals surface area contributed by atoms with Gasteiger partial charge in [0.25, 0.3) is 0 Å². The molecule has 1 N–H and O–H groups in total. The molecule has 0 aliphatic heterocycles. The summed E-state index contributed by atoms with van der Waals surface area (Å²) >= 11 is 5.64. The van der Waals surface area contributed by atoms with E-state index >= 15 is 0 Å². The second-order valence-corrected chi connectivity index (χ2v) is 3.80. The lowest BCUT2D eigenvalue weighted by atomic mass is 10.1. The fourth-order valence-corrected chi connectivity index (χ4v) is 1.56. The predicted octanol–water partition coefficient (Wildman–Crippen LogP) is 3.24. The van der Waals surface area contributed by atoms with Crippen LogP contribution in [-0.2, 0) is 0 Å². The number of pyridine rings is 1. The van der Waals surface area contributed by atoms with Crippen LogP contribution in [0.1, 0.15) is 10.5 Å². The number of nitrogens with zero attached hydrogens (tertiary/aromatic N) is 1.